The van der Waals surface area contributed by atoms with E-state index >= 15 is 0 Å². The summed E-state index contributed by atoms with van der Waals surface area (Å²) in [5, 5.41) is -1.79. The van der Waals surface area contributed by atoms with Gasteiger partial charge < -0.3 is 4.84 Å². The normalized spacial score (nSPS) is 18.1. The summed E-state index contributed by atoms with van der Waals surface area (Å²) in [5.74, 6) is -3.05. The fourth-order valence-corrected chi connectivity index (χ4v) is 2.95. The lowest BCUT2D eigenvalue weighted by Crippen LogP contribution is -2.36. The lowest BCUT2D eigenvalue weighted by molar-refractivity contribution is -0.197. The van der Waals surface area contributed by atoms with Gasteiger partial charge in [0.2, 0.25) is 0 Å². The number of nitrogens with zero attached hydrogens (tertiary/aromatic N) is 1. The third kappa shape index (κ3) is 4.39. The highest BCUT2D eigenvalue weighted by Gasteiger charge is 2.48. The summed E-state index contributed by atoms with van der Waals surface area (Å²) in [7, 11) is -4.71. The van der Waals surface area contributed by atoms with Gasteiger partial charge in [-0.25, -0.2) is 4.79 Å². The maximum Gasteiger partial charge on any atom is 0.333 e. The number of benzene rings is 1. The van der Waals surface area contributed by atoms with Crippen LogP contribution in [0.3, 0.4) is 0 Å². The molecule has 1 atom stereocenters. The molecule has 1 fully saturated rings. The van der Waals surface area contributed by atoms with Gasteiger partial charge in [0.1, 0.15) is 0 Å². The number of carbonyl (C=O) groups excluding carboxylic acids is 3. The zero-order valence-corrected chi connectivity index (χ0v) is 13.8. The minimum Gasteiger partial charge on any atom is -0.330 e. The van der Waals surface area contributed by atoms with Gasteiger partial charge in [-0.05, 0) is 25.3 Å². The van der Waals surface area contributed by atoms with Crippen molar-refractivity contribution in [1.82, 2.24) is 5.06 Å². The van der Waals surface area contributed by atoms with Crippen molar-refractivity contribution in [3.05, 3.63) is 35.4 Å². The molecule has 0 aromatic heterocycles. The molecule has 2 rings (SSSR count). The van der Waals surface area contributed by atoms with Gasteiger partial charge in [-0.2, -0.15) is 8.42 Å². The number of hydrogen-bond acceptors (Lipinski definition) is 6. The summed E-state index contributed by atoms with van der Waals surface area (Å²) in [4.78, 5) is 39.6. The zero-order chi connectivity index (χ0) is 17.9. The van der Waals surface area contributed by atoms with Crippen LogP contribution in [-0.2, 0) is 35.8 Å². The molecule has 130 valence electrons. The molecule has 24 heavy (non-hydrogen) atoms. The molecule has 0 radical (unpaired) electrons. The van der Waals surface area contributed by atoms with E-state index in [1.54, 1.807) is 0 Å². The van der Waals surface area contributed by atoms with Crippen molar-refractivity contribution in [2.24, 2.45) is 0 Å². The van der Waals surface area contributed by atoms with E-state index in [0.717, 1.165) is 11.1 Å². The van der Waals surface area contributed by atoms with Crippen LogP contribution in [0.15, 0.2) is 24.3 Å². The predicted molar refractivity (Wildman–Crippen MR) is 82.0 cm³/mol. The second-order valence-corrected chi connectivity index (χ2v) is 7.14. The van der Waals surface area contributed by atoms with Gasteiger partial charge in [0.25, 0.3) is 21.9 Å². The average molecular weight is 355 g/mol. The summed E-state index contributed by atoms with van der Waals surface area (Å²) in [6, 6.07) is 7.77. The Bertz CT molecular complexity index is 755. The molecule has 1 saturated heterocycles. The van der Waals surface area contributed by atoms with Crippen LogP contribution >= 0.6 is 0 Å². The van der Waals surface area contributed by atoms with Crippen LogP contribution in [0, 0.1) is 6.92 Å². The Hall–Kier alpha value is -2.26. The van der Waals surface area contributed by atoms with Crippen molar-refractivity contribution >= 4 is 27.9 Å². The smallest absolute Gasteiger partial charge is 0.330 e. The second kappa shape index (κ2) is 7.10. The fraction of sp³-hybridized carbons (Fsp3) is 0.400. The van der Waals surface area contributed by atoms with Gasteiger partial charge in [0.15, 0.2) is 5.25 Å². The molecule has 1 unspecified atom stereocenters. The molecular weight excluding hydrogens is 338 g/mol. The molecule has 1 aliphatic rings. The number of hydrogen-bond donors (Lipinski definition) is 1. The van der Waals surface area contributed by atoms with Crippen molar-refractivity contribution in [2.45, 2.75) is 37.9 Å². The molecule has 2 amide bonds. The molecule has 0 spiro atoms. The lowest BCUT2D eigenvalue weighted by atomic mass is 10.1. The number of imide groups is 1. The Morgan fingerprint density at radius 3 is 2.46 bits per heavy atom. The third-order valence-corrected chi connectivity index (χ3v) is 4.67. The Labute approximate surface area is 139 Å². The Morgan fingerprint density at radius 1 is 1.29 bits per heavy atom. The van der Waals surface area contributed by atoms with Gasteiger partial charge in [-0.3, -0.25) is 14.1 Å². The molecule has 1 heterocycles. The van der Waals surface area contributed by atoms with Gasteiger partial charge in [-0.15, -0.1) is 5.06 Å². The zero-order valence-electron chi connectivity index (χ0n) is 13.0. The maximum absolute atomic E-state index is 11.7. The van der Waals surface area contributed by atoms with Crippen LogP contribution in [-0.4, -0.2) is 41.1 Å². The van der Waals surface area contributed by atoms with E-state index < -0.39 is 39.6 Å². The van der Waals surface area contributed by atoms with Gasteiger partial charge >= 0.3 is 5.97 Å². The summed E-state index contributed by atoms with van der Waals surface area (Å²) in [6.07, 6.45) is 0.278. The predicted octanol–water partition coefficient (Wildman–Crippen LogP) is 0.791. The largest absolute Gasteiger partial charge is 0.333 e. The Kier molecular flexibility index (Phi) is 5.35. The van der Waals surface area contributed by atoms with Crippen molar-refractivity contribution in [2.75, 3.05) is 0 Å². The first kappa shape index (κ1) is 18.1. The van der Waals surface area contributed by atoms with Crippen LogP contribution in [0.5, 0.6) is 0 Å². The topological polar surface area (TPSA) is 118 Å². The second-order valence-electron chi connectivity index (χ2n) is 5.54. The minimum absolute atomic E-state index is 0.0402. The average Bonchev–Trinajstić information content (AvgIpc) is 2.77. The lowest BCUT2D eigenvalue weighted by Gasteiger charge is -2.13. The molecule has 0 bridgehead atoms. The molecule has 1 aromatic carbocycles. The van der Waals surface area contributed by atoms with E-state index in [9.17, 15) is 22.8 Å². The van der Waals surface area contributed by atoms with Crippen LogP contribution in [0.25, 0.3) is 0 Å². The van der Waals surface area contributed by atoms with Crippen LogP contribution in [0.2, 0.25) is 0 Å². The van der Waals surface area contributed by atoms with Gasteiger partial charge in [-0.1, -0.05) is 29.8 Å². The minimum atomic E-state index is -4.71. The Morgan fingerprint density at radius 2 is 1.92 bits per heavy atom. The Balaban J connectivity index is 1.85. The monoisotopic (exact) mass is 355 g/mol. The van der Waals surface area contributed by atoms with E-state index in [4.69, 9.17) is 4.55 Å². The van der Waals surface area contributed by atoms with Crippen molar-refractivity contribution < 1.29 is 32.2 Å². The van der Waals surface area contributed by atoms with Crippen molar-refractivity contribution in [3.8, 4) is 0 Å². The highest BCUT2D eigenvalue weighted by Crippen LogP contribution is 2.20. The number of rotatable bonds is 6. The standard InChI is InChI=1S/C15H17NO7S/c1-10-5-7-11(8-6-10)3-2-4-14(18)23-16-13(17)9-12(15(16)19)24(20,21)22/h5-8,12H,2-4,9H2,1H3,(H,20,21,22). The van der Waals surface area contributed by atoms with E-state index in [1.165, 1.54) is 0 Å². The molecule has 0 aliphatic carbocycles. The molecular formula is C15H17NO7S. The van der Waals surface area contributed by atoms with E-state index in [0.29, 0.717) is 12.8 Å². The third-order valence-electron chi connectivity index (χ3n) is 3.58. The van der Waals surface area contributed by atoms with Crippen molar-refractivity contribution in [1.29, 1.82) is 0 Å². The number of carbonyl (C=O) groups is 3. The summed E-state index contributed by atoms with van der Waals surface area (Å²) < 4.78 is 30.9. The SMILES string of the molecule is Cc1ccc(CCCC(=O)ON2C(=O)CC(S(=O)(=O)O)C2=O)cc1. The molecule has 9 heteroatoms. The summed E-state index contributed by atoms with van der Waals surface area (Å²) >= 11 is 0. The van der Waals surface area contributed by atoms with E-state index in [1.807, 2.05) is 31.2 Å². The van der Waals surface area contributed by atoms with Gasteiger partial charge in [0.05, 0.1) is 6.42 Å². The number of aryl methyl sites for hydroxylation is 2. The van der Waals surface area contributed by atoms with Crippen molar-refractivity contribution in [3.63, 3.8) is 0 Å². The molecule has 1 aromatic rings. The first-order valence-electron chi connectivity index (χ1n) is 7.28. The number of amides is 2. The fourth-order valence-electron chi connectivity index (χ4n) is 2.25. The quantitative estimate of drug-likeness (QED) is 0.592. The highest BCUT2D eigenvalue weighted by molar-refractivity contribution is 7.87. The summed E-state index contributed by atoms with van der Waals surface area (Å²) in [5.41, 5.74) is 2.16. The summed E-state index contributed by atoms with van der Waals surface area (Å²) in [6.45, 7) is 1.96. The molecule has 1 N–H and O–H groups in total. The van der Waals surface area contributed by atoms with Crippen LogP contribution < -0.4 is 0 Å². The van der Waals surface area contributed by atoms with E-state index in [2.05, 4.69) is 4.84 Å². The van der Waals surface area contributed by atoms with Crippen LogP contribution in [0.1, 0.15) is 30.4 Å². The first-order valence-corrected chi connectivity index (χ1v) is 8.78. The van der Waals surface area contributed by atoms with E-state index in [-0.39, 0.29) is 11.5 Å². The number of hydroxylamine groups is 2. The van der Waals surface area contributed by atoms with Gasteiger partial charge in [0, 0.05) is 6.42 Å². The van der Waals surface area contributed by atoms with Crippen LogP contribution in [0.4, 0.5) is 0 Å². The molecule has 0 saturated carbocycles. The highest BCUT2D eigenvalue weighted by atomic mass is 32.2. The maximum atomic E-state index is 11.7. The first-order chi connectivity index (χ1) is 11.2. The molecule has 1 aliphatic heterocycles. The molecule has 8 nitrogen and oxygen atoms in total.